The van der Waals surface area contributed by atoms with Crippen LogP contribution in [-0.2, 0) is 6.42 Å². The van der Waals surface area contributed by atoms with E-state index in [1.54, 1.807) is 29.5 Å². The number of amides is 1. The number of hydrogen-bond acceptors (Lipinski definition) is 5. The Balaban J connectivity index is 1.33. The number of ether oxygens (including phenoxy) is 2. The van der Waals surface area contributed by atoms with Gasteiger partial charge in [-0.15, -0.1) is 11.3 Å². The summed E-state index contributed by atoms with van der Waals surface area (Å²) in [5, 5.41) is 5.95. The van der Waals surface area contributed by atoms with Crippen LogP contribution in [0.25, 0.3) is 10.6 Å². The zero-order valence-corrected chi connectivity index (χ0v) is 14.2. The Kier molecular flexibility index (Phi) is 4.35. The molecule has 126 valence electrons. The summed E-state index contributed by atoms with van der Waals surface area (Å²) in [6.45, 7) is 0.735. The van der Waals surface area contributed by atoms with Crippen LogP contribution in [0.1, 0.15) is 16.1 Å². The minimum atomic E-state index is -0.128. The van der Waals surface area contributed by atoms with E-state index < -0.39 is 0 Å². The predicted molar refractivity (Wildman–Crippen MR) is 96.2 cm³/mol. The lowest BCUT2D eigenvalue weighted by Crippen LogP contribution is -2.25. The van der Waals surface area contributed by atoms with Crippen molar-refractivity contribution < 1.29 is 14.3 Å². The molecule has 1 N–H and O–H groups in total. The number of benzene rings is 2. The first kappa shape index (κ1) is 15.7. The number of nitrogens with zero attached hydrogens (tertiary/aromatic N) is 1. The molecule has 25 heavy (non-hydrogen) atoms. The lowest BCUT2D eigenvalue weighted by molar-refractivity contribution is 0.0953. The molecule has 1 aromatic heterocycles. The summed E-state index contributed by atoms with van der Waals surface area (Å²) in [5.74, 6) is 1.16. The third kappa shape index (κ3) is 3.49. The van der Waals surface area contributed by atoms with Crippen LogP contribution in [0.3, 0.4) is 0 Å². The average Bonchev–Trinajstić information content (AvgIpc) is 3.31. The molecule has 2 aromatic carbocycles. The molecule has 4 rings (SSSR count). The van der Waals surface area contributed by atoms with Gasteiger partial charge in [0.1, 0.15) is 5.01 Å². The highest BCUT2D eigenvalue weighted by Crippen LogP contribution is 2.32. The monoisotopic (exact) mass is 352 g/mol. The molecule has 0 unspecified atom stereocenters. The van der Waals surface area contributed by atoms with E-state index in [1.807, 2.05) is 35.7 Å². The number of aromatic nitrogens is 1. The van der Waals surface area contributed by atoms with Gasteiger partial charge in [0, 0.05) is 29.5 Å². The Bertz CT molecular complexity index is 893. The van der Waals surface area contributed by atoms with Gasteiger partial charge in [0.2, 0.25) is 6.79 Å². The molecule has 0 fully saturated rings. The summed E-state index contributed by atoms with van der Waals surface area (Å²) in [6, 6.07) is 15.3. The Morgan fingerprint density at radius 3 is 2.84 bits per heavy atom. The standard InChI is InChI=1S/C19H16N2O3S/c22-18(14-6-7-16-17(10-14)24-12-23-16)20-9-8-15-11-25-19(21-15)13-4-2-1-3-5-13/h1-7,10-11H,8-9,12H2,(H,20,22). The number of carbonyl (C=O) groups is 1. The number of carbonyl (C=O) groups excluding carboxylic acids is 1. The van der Waals surface area contributed by atoms with Crippen LogP contribution in [0, 0.1) is 0 Å². The topological polar surface area (TPSA) is 60.5 Å². The van der Waals surface area contributed by atoms with Crippen molar-refractivity contribution in [2.75, 3.05) is 13.3 Å². The van der Waals surface area contributed by atoms with Crippen LogP contribution in [-0.4, -0.2) is 24.2 Å². The first-order valence-electron chi connectivity index (χ1n) is 7.97. The number of rotatable bonds is 5. The zero-order chi connectivity index (χ0) is 17.1. The summed E-state index contributed by atoms with van der Waals surface area (Å²) in [5.41, 5.74) is 2.66. The molecule has 6 heteroatoms. The maximum atomic E-state index is 12.2. The smallest absolute Gasteiger partial charge is 0.251 e. The van der Waals surface area contributed by atoms with Gasteiger partial charge in [0.15, 0.2) is 11.5 Å². The quantitative estimate of drug-likeness (QED) is 0.763. The van der Waals surface area contributed by atoms with Gasteiger partial charge in [-0.2, -0.15) is 0 Å². The fraction of sp³-hybridized carbons (Fsp3) is 0.158. The van der Waals surface area contributed by atoms with Gasteiger partial charge in [-0.05, 0) is 18.2 Å². The predicted octanol–water partition coefficient (Wildman–Crippen LogP) is 3.51. The second kappa shape index (κ2) is 6.94. The maximum absolute atomic E-state index is 12.2. The molecule has 3 aromatic rings. The average molecular weight is 352 g/mol. The van der Waals surface area contributed by atoms with E-state index in [0.717, 1.165) is 16.3 Å². The highest BCUT2D eigenvalue weighted by molar-refractivity contribution is 7.13. The molecule has 0 spiro atoms. The zero-order valence-electron chi connectivity index (χ0n) is 13.4. The highest BCUT2D eigenvalue weighted by atomic mass is 32.1. The van der Waals surface area contributed by atoms with E-state index in [2.05, 4.69) is 10.3 Å². The van der Waals surface area contributed by atoms with Gasteiger partial charge in [-0.3, -0.25) is 4.79 Å². The maximum Gasteiger partial charge on any atom is 0.251 e. The Morgan fingerprint density at radius 2 is 1.96 bits per heavy atom. The first-order valence-corrected chi connectivity index (χ1v) is 8.85. The highest BCUT2D eigenvalue weighted by Gasteiger charge is 2.16. The van der Waals surface area contributed by atoms with Gasteiger partial charge < -0.3 is 14.8 Å². The normalized spacial score (nSPS) is 12.2. The minimum absolute atomic E-state index is 0.128. The Morgan fingerprint density at radius 1 is 1.12 bits per heavy atom. The van der Waals surface area contributed by atoms with E-state index in [0.29, 0.717) is 30.0 Å². The van der Waals surface area contributed by atoms with Gasteiger partial charge in [-0.1, -0.05) is 30.3 Å². The molecule has 0 bridgehead atoms. The number of fused-ring (bicyclic) bond motifs is 1. The SMILES string of the molecule is O=C(NCCc1csc(-c2ccccc2)n1)c1ccc2c(c1)OCO2. The molecule has 0 saturated heterocycles. The van der Waals surface area contributed by atoms with E-state index in [1.165, 1.54) is 0 Å². The molecule has 1 aliphatic rings. The van der Waals surface area contributed by atoms with Crippen molar-refractivity contribution >= 4 is 17.2 Å². The Labute approximate surface area is 149 Å². The lowest BCUT2D eigenvalue weighted by atomic mass is 10.2. The molecule has 1 amide bonds. The molecular formula is C19H16N2O3S. The number of hydrogen-bond donors (Lipinski definition) is 1. The molecule has 2 heterocycles. The summed E-state index contributed by atoms with van der Waals surface area (Å²) in [4.78, 5) is 16.9. The van der Waals surface area contributed by atoms with E-state index in [9.17, 15) is 4.79 Å². The fourth-order valence-electron chi connectivity index (χ4n) is 2.58. The third-order valence-corrected chi connectivity index (χ3v) is 4.81. The van der Waals surface area contributed by atoms with Crippen molar-refractivity contribution in [3.63, 3.8) is 0 Å². The van der Waals surface area contributed by atoms with Crippen molar-refractivity contribution in [3.8, 4) is 22.1 Å². The van der Waals surface area contributed by atoms with Crippen LogP contribution >= 0.6 is 11.3 Å². The largest absolute Gasteiger partial charge is 0.454 e. The van der Waals surface area contributed by atoms with Crippen LogP contribution in [0.5, 0.6) is 11.5 Å². The van der Waals surface area contributed by atoms with Crippen LogP contribution in [0.15, 0.2) is 53.9 Å². The van der Waals surface area contributed by atoms with Crippen molar-refractivity contribution in [2.45, 2.75) is 6.42 Å². The Hall–Kier alpha value is -2.86. The van der Waals surface area contributed by atoms with Crippen molar-refractivity contribution in [3.05, 3.63) is 65.2 Å². The van der Waals surface area contributed by atoms with E-state index in [4.69, 9.17) is 9.47 Å². The molecule has 0 aliphatic carbocycles. The second-order valence-electron chi connectivity index (χ2n) is 5.58. The second-order valence-corrected chi connectivity index (χ2v) is 6.44. The lowest BCUT2D eigenvalue weighted by Gasteiger charge is -2.05. The number of thiazole rings is 1. The molecular weight excluding hydrogens is 336 g/mol. The molecule has 1 aliphatic heterocycles. The fourth-order valence-corrected chi connectivity index (χ4v) is 3.44. The van der Waals surface area contributed by atoms with Gasteiger partial charge >= 0.3 is 0 Å². The van der Waals surface area contributed by atoms with Crippen molar-refractivity contribution in [1.82, 2.24) is 10.3 Å². The van der Waals surface area contributed by atoms with Crippen LogP contribution in [0.2, 0.25) is 0 Å². The van der Waals surface area contributed by atoms with Gasteiger partial charge in [0.05, 0.1) is 5.69 Å². The molecule has 5 nitrogen and oxygen atoms in total. The van der Waals surface area contributed by atoms with Crippen LogP contribution in [0.4, 0.5) is 0 Å². The molecule has 0 saturated carbocycles. The van der Waals surface area contributed by atoms with Crippen LogP contribution < -0.4 is 14.8 Å². The molecule has 0 atom stereocenters. The van der Waals surface area contributed by atoms with Crippen molar-refractivity contribution in [2.24, 2.45) is 0 Å². The van der Waals surface area contributed by atoms with Gasteiger partial charge in [0.25, 0.3) is 5.91 Å². The molecule has 0 radical (unpaired) electrons. The first-order chi connectivity index (χ1) is 12.3. The van der Waals surface area contributed by atoms with E-state index in [-0.39, 0.29) is 12.7 Å². The van der Waals surface area contributed by atoms with Gasteiger partial charge in [-0.25, -0.2) is 4.98 Å². The van der Waals surface area contributed by atoms with Crippen molar-refractivity contribution in [1.29, 1.82) is 0 Å². The minimum Gasteiger partial charge on any atom is -0.454 e. The third-order valence-electron chi connectivity index (χ3n) is 3.87. The summed E-state index contributed by atoms with van der Waals surface area (Å²) in [7, 11) is 0. The summed E-state index contributed by atoms with van der Waals surface area (Å²) < 4.78 is 10.5. The van der Waals surface area contributed by atoms with E-state index >= 15 is 0 Å². The summed E-state index contributed by atoms with van der Waals surface area (Å²) in [6.07, 6.45) is 0.694. The summed E-state index contributed by atoms with van der Waals surface area (Å²) >= 11 is 1.62. The number of nitrogens with one attached hydrogen (secondary N) is 1.